The van der Waals surface area contributed by atoms with Gasteiger partial charge in [-0.3, -0.25) is 4.90 Å². The smallest absolute Gasteiger partial charge is 0.414 e. The Hall–Kier alpha value is -3.93. The van der Waals surface area contributed by atoms with Crippen LogP contribution in [-0.2, 0) is 26.0 Å². The number of halogens is 2. The molecule has 2 heterocycles. The van der Waals surface area contributed by atoms with E-state index in [2.05, 4.69) is 14.7 Å². The lowest BCUT2D eigenvalue weighted by atomic mass is 10.0. The maximum absolute atomic E-state index is 16.1. The fraction of sp³-hybridized carbons (Fsp3) is 0.543. The summed E-state index contributed by atoms with van der Waals surface area (Å²) in [5.74, 6) is -0.293. The van der Waals surface area contributed by atoms with Crippen molar-refractivity contribution in [3.05, 3.63) is 53.1 Å². The summed E-state index contributed by atoms with van der Waals surface area (Å²) >= 11 is 7.49. The lowest BCUT2D eigenvalue weighted by Gasteiger charge is -2.41. The molecule has 3 aromatic rings. The van der Waals surface area contributed by atoms with E-state index in [-0.39, 0.29) is 41.1 Å². The fourth-order valence-corrected chi connectivity index (χ4v) is 7.88. The lowest BCUT2D eigenvalue weighted by Crippen LogP contribution is -2.56. The molecule has 1 N–H and O–H groups in total. The van der Waals surface area contributed by atoms with E-state index in [1.54, 1.807) is 43.9 Å². The van der Waals surface area contributed by atoms with E-state index in [4.69, 9.17) is 30.5 Å². The highest BCUT2D eigenvalue weighted by Crippen LogP contribution is 2.36. The van der Waals surface area contributed by atoms with E-state index in [0.717, 1.165) is 34.4 Å². The molecule has 0 radical (unpaired) electrons. The van der Waals surface area contributed by atoms with Crippen LogP contribution in [0.5, 0.6) is 11.5 Å². The highest BCUT2D eigenvalue weighted by atomic mass is 35.5. The van der Waals surface area contributed by atoms with Crippen LogP contribution in [0.25, 0.3) is 0 Å². The van der Waals surface area contributed by atoms with Gasteiger partial charge in [0.05, 0.1) is 31.5 Å². The van der Waals surface area contributed by atoms with Gasteiger partial charge in [-0.15, -0.1) is 0 Å². The molecule has 1 aliphatic rings. The molecule has 0 spiro atoms. The number of nitrogens with one attached hydrogen (secondary N) is 1. The summed E-state index contributed by atoms with van der Waals surface area (Å²) in [7, 11) is -1.71. The van der Waals surface area contributed by atoms with Crippen molar-refractivity contribution in [1.82, 2.24) is 19.6 Å². The number of nitrogens with zero attached hydrogens (tertiary/aromatic N) is 5. The molecule has 14 nitrogen and oxygen atoms in total. The number of sulfonamides is 1. The van der Waals surface area contributed by atoms with Gasteiger partial charge in [-0.05, 0) is 85.5 Å². The van der Waals surface area contributed by atoms with Crippen molar-refractivity contribution in [3.63, 3.8) is 0 Å². The summed E-state index contributed by atoms with van der Waals surface area (Å²) < 4.78 is 71.1. The number of hydrogen-bond acceptors (Lipinski definition) is 12. The number of hydrogen-bond donors (Lipinski definition) is 1. The van der Waals surface area contributed by atoms with E-state index in [0.29, 0.717) is 49.5 Å². The van der Waals surface area contributed by atoms with Crippen molar-refractivity contribution in [2.24, 2.45) is 0 Å². The molecular weight excluding hydrogens is 751 g/mol. The molecule has 53 heavy (non-hydrogen) atoms. The predicted octanol–water partition coefficient (Wildman–Crippen LogP) is 6.86. The van der Waals surface area contributed by atoms with Crippen LogP contribution in [0.15, 0.2) is 41.6 Å². The SMILES string of the molecule is COc1ccc(CN(c2ncns2)S(=O)(=O)c2cc(Cl)c(N(CCCCNC[C@H]3CCN3C(=O)OC(C)(C)C)C(=O)OC(C)(C)C)cc2F)c(OC)c1. The largest absolute Gasteiger partial charge is 0.497 e. The number of aromatic nitrogens is 2. The van der Waals surface area contributed by atoms with E-state index in [9.17, 15) is 18.0 Å². The second-order valence-corrected chi connectivity index (χ2v) is 17.3. The average molecular weight is 799 g/mol. The topological polar surface area (TPSA) is 153 Å². The lowest BCUT2D eigenvalue weighted by molar-refractivity contribution is -0.00489. The predicted molar refractivity (Wildman–Crippen MR) is 201 cm³/mol. The number of methoxy groups -OCH3 is 2. The number of benzene rings is 2. The van der Waals surface area contributed by atoms with Gasteiger partial charge in [-0.25, -0.2) is 31.7 Å². The first-order chi connectivity index (χ1) is 24.8. The number of anilines is 2. The first kappa shape index (κ1) is 41.8. The number of rotatable bonds is 15. The number of ether oxygens (including phenoxy) is 4. The molecular formula is C35H48ClFN6O8S2. The Morgan fingerprint density at radius 3 is 2.36 bits per heavy atom. The summed E-state index contributed by atoms with van der Waals surface area (Å²) in [6, 6.07) is 6.81. The molecule has 2 amide bonds. The zero-order chi connectivity index (χ0) is 39.1. The minimum Gasteiger partial charge on any atom is -0.497 e. The molecule has 0 saturated carbocycles. The third-order valence-corrected chi connectivity index (χ3v) is 10.8. The van der Waals surface area contributed by atoms with Gasteiger partial charge in [-0.1, -0.05) is 11.6 Å². The molecule has 1 aromatic heterocycles. The average Bonchev–Trinajstić information content (AvgIpc) is 3.58. The third-order valence-electron chi connectivity index (χ3n) is 7.98. The number of carbonyl (C=O) groups excluding carboxylic acids is 2. The summed E-state index contributed by atoms with van der Waals surface area (Å²) in [6.07, 6.45) is 2.04. The van der Waals surface area contributed by atoms with Gasteiger partial charge in [-0.2, -0.15) is 4.37 Å². The van der Waals surface area contributed by atoms with Gasteiger partial charge in [0, 0.05) is 54.9 Å². The maximum Gasteiger partial charge on any atom is 0.414 e. The van der Waals surface area contributed by atoms with Crippen LogP contribution in [0.4, 0.5) is 24.8 Å². The van der Waals surface area contributed by atoms with Gasteiger partial charge >= 0.3 is 12.2 Å². The molecule has 18 heteroatoms. The normalized spacial score (nSPS) is 14.7. The number of carbonyl (C=O) groups is 2. The third kappa shape index (κ3) is 11.1. The highest BCUT2D eigenvalue weighted by molar-refractivity contribution is 7.93. The first-order valence-electron chi connectivity index (χ1n) is 17.0. The molecule has 4 rings (SSSR count). The Morgan fingerprint density at radius 2 is 1.77 bits per heavy atom. The molecule has 0 unspecified atom stereocenters. The second kappa shape index (κ2) is 17.5. The molecule has 1 atom stereocenters. The van der Waals surface area contributed by atoms with Crippen molar-refractivity contribution in [2.75, 3.05) is 49.6 Å². The molecule has 0 aliphatic carbocycles. The fourth-order valence-electron chi connectivity index (χ4n) is 5.34. The molecule has 1 aliphatic heterocycles. The molecule has 1 saturated heterocycles. The van der Waals surface area contributed by atoms with E-state index in [1.165, 1.54) is 25.4 Å². The molecule has 0 bridgehead atoms. The van der Waals surface area contributed by atoms with Crippen LogP contribution in [0.3, 0.4) is 0 Å². The summed E-state index contributed by atoms with van der Waals surface area (Å²) in [5.41, 5.74) is -1.04. The van der Waals surface area contributed by atoms with Gasteiger partial charge in [0.2, 0.25) is 5.13 Å². The Bertz CT molecular complexity index is 1840. The number of likely N-dealkylation sites (tertiary alicyclic amines) is 1. The van der Waals surface area contributed by atoms with E-state index < -0.39 is 38.0 Å². The zero-order valence-corrected chi connectivity index (χ0v) is 33.7. The Morgan fingerprint density at radius 1 is 1.06 bits per heavy atom. The maximum atomic E-state index is 16.1. The van der Waals surface area contributed by atoms with E-state index >= 15 is 4.39 Å². The minimum atomic E-state index is -4.64. The van der Waals surface area contributed by atoms with Crippen LogP contribution in [0, 0.1) is 5.82 Å². The molecule has 1 fully saturated rings. The Balaban J connectivity index is 1.51. The van der Waals surface area contributed by atoms with Crippen LogP contribution < -0.4 is 24.0 Å². The summed E-state index contributed by atoms with van der Waals surface area (Å²) in [5, 5.41) is 3.16. The summed E-state index contributed by atoms with van der Waals surface area (Å²) in [6.45, 7) is 12.2. The molecule has 2 aromatic carbocycles. The quantitative estimate of drug-likeness (QED) is 0.161. The standard InChI is InChI=1S/C35H48ClFN6O8S2/c1-34(2,3)50-32(44)41-16-13-24(41)20-38-14-9-10-15-42(33(45)51-35(4,5)6)28-19-27(37)30(18-26(28)36)53(46,47)43(31-39-22-40-52-31)21-23-11-12-25(48-7)17-29(23)49-8/h11-12,17-19,22,24,38H,9-10,13-16,20-21H2,1-8H3/t24-/m1/s1. The summed E-state index contributed by atoms with van der Waals surface area (Å²) in [4.78, 5) is 32.1. The van der Waals surface area contributed by atoms with Crippen LogP contribution in [0.2, 0.25) is 5.02 Å². The Labute approximate surface area is 319 Å². The minimum absolute atomic E-state index is 0.0127. The second-order valence-electron chi connectivity index (χ2n) is 14.3. The van der Waals surface area contributed by atoms with E-state index in [1.807, 2.05) is 20.8 Å². The van der Waals surface area contributed by atoms with Crippen molar-refractivity contribution in [3.8, 4) is 11.5 Å². The van der Waals surface area contributed by atoms with Gasteiger partial charge in [0.15, 0.2) is 0 Å². The van der Waals surface area contributed by atoms with Crippen molar-refractivity contribution in [2.45, 2.75) is 89.5 Å². The monoisotopic (exact) mass is 798 g/mol. The highest BCUT2D eigenvalue weighted by Gasteiger charge is 2.36. The Kier molecular flexibility index (Phi) is 13.8. The first-order valence-corrected chi connectivity index (χ1v) is 19.6. The van der Waals surface area contributed by atoms with Gasteiger partial charge < -0.3 is 29.2 Å². The molecule has 292 valence electrons. The van der Waals surface area contributed by atoms with Crippen molar-refractivity contribution < 1.29 is 41.3 Å². The number of amides is 2. The number of unbranched alkanes of at least 4 members (excludes halogenated alkanes) is 1. The van der Waals surface area contributed by atoms with Crippen LogP contribution >= 0.6 is 23.1 Å². The van der Waals surface area contributed by atoms with Crippen LogP contribution in [0.1, 0.15) is 66.4 Å². The zero-order valence-electron chi connectivity index (χ0n) is 31.3. The van der Waals surface area contributed by atoms with Crippen LogP contribution in [-0.4, -0.2) is 92.5 Å². The van der Waals surface area contributed by atoms with Crippen molar-refractivity contribution >= 4 is 56.2 Å². The van der Waals surface area contributed by atoms with Gasteiger partial charge in [0.25, 0.3) is 10.0 Å². The van der Waals surface area contributed by atoms with Crippen molar-refractivity contribution in [1.29, 1.82) is 0 Å². The van der Waals surface area contributed by atoms with Gasteiger partial charge in [0.1, 0.15) is 39.7 Å².